The molecule has 0 heterocycles. The van der Waals surface area contributed by atoms with Crippen molar-refractivity contribution < 1.29 is 35.8 Å². The maximum atomic E-state index is 14.4. The van der Waals surface area contributed by atoms with E-state index in [-0.39, 0.29) is 19.1 Å². The van der Waals surface area contributed by atoms with Gasteiger partial charge in [0.1, 0.15) is 5.75 Å². The number of allylic oxidation sites excluding steroid dienone is 1. The highest BCUT2D eigenvalue weighted by atomic mass is 19.3. The average Bonchev–Trinajstić information content (AvgIpc) is 2.59. The maximum Gasteiger partial charge on any atom is 0.400 e. The fourth-order valence-electron chi connectivity index (χ4n) is 3.19. The lowest BCUT2D eigenvalue weighted by Crippen LogP contribution is -2.37. The summed E-state index contributed by atoms with van der Waals surface area (Å²) in [4.78, 5) is 0. The van der Waals surface area contributed by atoms with E-state index in [2.05, 4.69) is 16.1 Å². The van der Waals surface area contributed by atoms with E-state index in [1.165, 1.54) is 0 Å². The summed E-state index contributed by atoms with van der Waals surface area (Å²) >= 11 is 0. The summed E-state index contributed by atoms with van der Waals surface area (Å²) < 4.78 is 88.9. The highest BCUT2D eigenvalue weighted by molar-refractivity contribution is 5.35. The zero-order valence-corrected chi connectivity index (χ0v) is 14.5. The Morgan fingerprint density at radius 3 is 2.22 bits per heavy atom. The molecule has 150 valence electrons. The molecule has 0 unspecified atom stereocenters. The average molecular weight is 394 g/mol. The molecule has 1 aromatic rings. The molecule has 1 aliphatic carbocycles. The van der Waals surface area contributed by atoms with Crippen LogP contribution >= 0.6 is 0 Å². The van der Waals surface area contributed by atoms with Crippen LogP contribution in [0.2, 0.25) is 0 Å². The first-order chi connectivity index (χ1) is 12.7. The van der Waals surface area contributed by atoms with Crippen molar-refractivity contribution in [2.75, 3.05) is 0 Å². The number of benzene rings is 1. The van der Waals surface area contributed by atoms with Crippen LogP contribution < -0.4 is 9.47 Å². The summed E-state index contributed by atoms with van der Waals surface area (Å²) in [7, 11) is 0. The minimum absolute atomic E-state index is 0.151. The first kappa shape index (κ1) is 21.2. The summed E-state index contributed by atoms with van der Waals surface area (Å²) in [5.41, 5.74) is 0. The quantitative estimate of drug-likeness (QED) is 0.273. The van der Waals surface area contributed by atoms with Crippen LogP contribution in [-0.2, 0) is 0 Å². The van der Waals surface area contributed by atoms with E-state index >= 15 is 0 Å². The Bertz CT molecular complexity index is 654. The first-order valence-electron chi connectivity index (χ1n) is 8.57. The Labute approximate surface area is 153 Å². The van der Waals surface area contributed by atoms with Crippen LogP contribution in [0.15, 0.2) is 37.1 Å². The van der Waals surface area contributed by atoms with E-state index in [9.17, 15) is 26.3 Å². The van der Waals surface area contributed by atoms with Crippen LogP contribution in [0, 0.1) is 23.5 Å². The van der Waals surface area contributed by atoms with Gasteiger partial charge in [-0.1, -0.05) is 6.08 Å². The van der Waals surface area contributed by atoms with Crippen molar-refractivity contribution in [3.05, 3.63) is 48.8 Å². The number of halogens is 6. The third kappa shape index (κ3) is 5.94. The Balaban J connectivity index is 2.03. The molecule has 1 aliphatic rings. The van der Waals surface area contributed by atoms with Gasteiger partial charge in [0, 0.05) is 12.1 Å². The number of hydrogen-bond donors (Lipinski definition) is 0. The Kier molecular flexibility index (Phi) is 7.21. The highest BCUT2D eigenvalue weighted by Gasteiger charge is 2.44. The van der Waals surface area contributed by atoms with Gasteiger partial charge >= 0.3 is 12.2 Å². The van der Waals surface area contributed by atoms with Gasteiger partial charge in [0.25, 0.3) is 0 Å². The summed E-state index contributed by atoms with van der Waals surface area (Å²) in [6, 6.07) is 0.956. The lowest BCUT2D eigenvalue weighted by atomic mass is 9.79. The fraction of sp³-hybridized carbons (Fsp3) is 0.474. The molecule has 1 saturated carbocycles. The van der Waals surface area contributed by atoms with Crippen LogP contribution in [0.3, 0.4) is 0 Å². The van der Waals surface area contributed by atoms with E-state index in [1.54, 1.807) is 6.08 Å². The Hall–Kier alpha value is -2.12. The summed E-state index contributed by atoms with van der Waals surface area (Å²) in [5.74, 6) is -5.42. The molecule has 2 nitrogen and oxygen atoms in total. The largest absolute Gasteiger partial charge is 0.453 e. The van der Waals surface area contributed by atoms with Crippen molar-refractivity contribution in [3.8, 4) is 11.5 Å². The standard InChI is InChI=1S/C19H20F6O2/c1-2-3-4-12-5-7-13(8-6-12)19(24,25)27-14-9-15(20)18(16(21)10-14)26-11-17(22)23/h2,9-13H,1,3-8H2. The van der Waals surface area contributed by atoms with E-state index in [0.717, 1.165) is 12.8 Å². The maximum absolute atomic E-state index is 14.4. The lowest BCUT2D eigenvalue weighted by Gasteiger charge is -2.33. The normalized spacial score (nSPS) is 20.1. The Morgan fingerprint density at radius 2 is 1.70 bits per heavy atom. The van der Waals surface area contributed by atoms with Crippen molar-refractivity contribution in [3.63, 3.8) is 0 Å². The minimum atomic E-state index is -3.60. The van der Waals surface area contributed by atoms with E-state index in [0.29, 0.717) is 30.9 Å². The molecular weight excluding hydrogens is 374 g/mol. The second kappa shape index (κ2) is 9.19. The molecule has 0 spiro atoms. The van der Waals surface area contributed by atoms with Crippen molar-refractivity contribution in [1.29, 1.82) is 0 Å². The summed E-state index contributed by atoms with van der Waals surface area (Å²) in [5, 5.41) is 0. The summed E-state index contributed by atoms with van der Waals surface area (Å²) in [6.45, 7) is 3.64. The van der Waals surface area contributed by atoms with Crippen molar-refractivity contribution in [2.45, 2.75) is 44.6 Å². The van der Waals surface area contributed by atoms with Crippen LogP contribution in [0.5, 0.6) is 11.5 Å². The number of alkyl halides is 2. The second-order valence-electron chi connectivity index (χ2n) is 6.49. The number of ether oxygens (including phenoxy) is 2. The molecule has 0 amide bonds. The summed E-state index contributed by atoms with van der Waals surface area (Å²) in [6.07, 6.45) is -0.824. The molecule has 0 radical (unpaired) electrons. The Morgan fingerprint density at radius 1 is 1.11 bits per heavy atom. The van der Waals surface area contributed by atoms with Crippen molar-refractivity contribution >= 4 is 0 Å². The third-order valence-electron chi connectivity index (χ3n) is 4.59. The first-order valence-corrected chi connectivity index (χ1v) is 8.57. The highest BCUT2D eigenvalue weighted by Crippen LogP contribution is 2.41. The monoisotopic (exact) mass is 394 g/mol. The molecule has 27 heavy (non-hydrogen) atoms. The molecule has 1 aromatic carbocycles. The van der Waals surface area contributed by atoms with Crippen LogP contribution in [0.1, 0.15) is 38.5 Å². The van der Waals surface area contributed by atoms with Crippen molar-refractivity contribution in [2.24, 2.45) is 11.8 Å². The number of hydrogen-bond acceptors (Lipinski definition) is 2. The van der Waals surface area contributed by atoms with Gasteiger partial charge < -0.3 is 9.47 Å². The SMILES string of the molecule is C=CCCC1CCC(C(F)(F)Oc2cc(F)c(OC=C(F)F)c(F)c2)CC1. The third-order valence-corrected chi connectivity index (χ3v) is 4.59. The molecule has 0 aromatic heterocycles. The molecule has 1 fully saturated rings. The van der Waals surface area contributed by atoms with Gasteiger partial charge in [-0.2, -0.15) is 17.6 Å². The molecule has 8 heteroatoms. The predicted molar refractivity (Wildman–Crippen MR) is 87.7 cm³/mol. The van der Waals surface area contributed by atoms with E-state index in [1.807, 2.05) is 0 Å². The topological polar surface area (TPSA) is 18.5 Å². The molecule has 0 saturated heterocycles. The van der Waals surface area contributed by atoms with Crippen LogP contribution in [0.4, 0.5) is 26.3 Å². The predicted octanol–water partition coefficient (Wildman–Crippen LogP) is 6.83. The van der Waals surface area contributed by atoms with Gasteiger partial charge in [0.2, 0.25) is 0 Å². The van der Waals surface area contributed by atoms with E-state index < -0.39 is 41.2 Å². The fourth-order valence-corrected chi connectivity index (χ4v) is 3.19. The van der Waals surface area contributed by atoms with Gasteiger partial charge in [-0.3, -0.25) is 0 Å². The molecule has 0 atom stereocenters. The molecule has 0 N–H and O–H groups in total. The van der Waals surface area contributed by atoms with Crippen LogP contribution in [0.25, 0.3) is 0 Å². The van der Waals surface area contributed by atoms with Crippen molar-refractivity contribution in [1.82, 2.24) is 0 Å². The zero-order chi connectivity index (χ0) is 20.0. The minimum Gasteiger partial charge on any atom is -0.453 e. The molecule has 0 aliphatic heterocycles. The lowest BCUT2D eigenvalue weighted by molar-refractivity contribution is -0.223. The van der Waals surface area contributed by atoms with Gasteiger partial charge in [-0.25, -0.2) is 8.78 Å². The smallest absolute Gasteiger partial charge is 0.400 e. The second-order valence-corrected chi connectivity index (χ2v) is 6.49. The van der Waals surface area contributed by atoms with E-state index in [4.69, 9.17) is 0 Å². The van der Waals surface area contributed by atoms with Gasteiger partial charge in [0.15, 0.2) is 23.6 Å². The zero-order valence-electron chi connectivity index (χ0n) is 14.5. The molecule has 2 rings (SSSR count). The molecule has 0 bridgehead atoms. The van der Waals surface area contributed by atoms with Gasteiger partial charge in [-0.05, 0) is 44.4 Å². The molecular formula is C19H20F6O2. The van der Waals surface area contributed by atoms with Gasteiger partial charge in [0.05, 0.1) is 5.92 Å². The van der Waals surface area contributed by atoms with Crippen LogP contribution in [-0.4, -0.2) is 6.11 Å². The number of rotatable bonds is 8. The van der Waals surface area contributed by atoms with Gasteiger partial charge in [-0.15, -0.1) is 6.58 Å².